The summed E-state index contributed by atoms with van der Waals surface area (Å²) in [5.74, 6) is 6.84. The van der Waals surface area contributed by atoms with Crippen molar-refractivity contribution in [2.24, 2.45) is 5.84 Å². The van der Waals surface area contributed by atoms with Crippen LogP contribution in [0.1, 0.15) is 24.6 Å². The number of aryl methyl sites for hydroxylation is 1. The van der Waals surface area contributed by atoms with Gasteiger partial charge in [0.25, 0.3) is 0 Å². The first kappa shape index (κ1) is 13.5. The molecule has 0 atom stereocenters. The molecule has 1 fully saturated rings. The average Bonchev–Trinajstić information content (AvgIpc) is 2.90. The second-order valence-electron chi connectivity index (χ2n) is 5.02. The van der Waals surface area contributed by atoms with Crippen LogP contribution in [0, 0.1) is 0 Å². The van der Waals surface area contributed by atoms with E-state index in [1.54, 1.807) is 11.3 Å². The number of hydrogen-bond donors (Lipinski definition) is 3. The first-order chi connectivity index (χ1) is 9.71. The maximum absolute atomic E-state index is 9.64. The van der Waals surface area contributed by atoms with Gasteiger partial charge < -0.3 is 10.0 Å². The molecule has 0 amide bonds. The van der Waals surface area contributed by atoms with Crippen LogP contribution in [0.5, 0.6) is 0 Å². The van der Waals surface area contributed by atoms with Crippen LogP contribution in [0.15, 0.2) is 6.07 Å². The summed E-state index contributed by atoms with van der Waals surface area (Å²) < 4.78 is 0. The van der Waals surface area contributed by atoms with Crippen LogP contribution >= 0.6 is 11.3 Å². The Morgan fingerprint density at radius 3 is 2.85 bits per heavy atom. The van der Waals surface area contributed by atoms with Crippen LogP contribution in [-0.2, 0) is 6.42 Å². The quantitative estimate of drug-likeness (QED) is 0.587. The first-order valence-electron chi connectivity index (χ1n) is 6.91. The molecule has 3 rings (SSSR count). The Morgan fingerprint density at radius 2 is 2.20 bits per heavy atom. The zero-order valence-corrected chi connectivity index (χ0v) is 12.3. The van der Waals surface area contributed by atoms with Crippen molar-refractivity contribution < 1.29 is 5.11 Å². The lowest BCUT2D eigenvalue weighted by Gasteiger charge is -2.31. The number of aliphatic hydroxyl groups excluding tert-OH is 1. The molecule has 0 unspecified atom stereocenters. The molecule has 0 aliphatic carbocycles. The van der Waals surface area contributed by atoms with Crippen LogP contribution in [0.25, 0.3) is 10.2 Å². The SMILES string of the molecule is CCc1cc2c(N3CCC(O)CC3)nc(NN)nc2s1. The number of hydrogen-bond acceptors (Lipinski definition) is 7. The smallest absolute Gasteiger partial charge is 0.240 e. The molecular formula is C13H19N5OS. The van der Waals surface area contributed by atoms with Crippen LogP contribution in [0.4, 0.5) is 11.8 Å². The minimum absolute atomic E-state index is 0.190. The van der Waals surface area contributed by atoms with E-state index < -0.39 is 0 Å². The predicted octanol–water partition coefficient (Wildman–Crippen LogP) is 1.50. The van der Waals surface area contributed by atoms with E-state index in [-0.39, 0.29) is 6.10 Å². The lowest BCUT2D eigenvalue weighted by molar-refractivity contribution is 0.145. The topological polar surface area (TPSA) is 87.3 Å². The lowest BCUT2D eigenvalue weighted by Crippen LogP contribution is -2.36. The Kier molecular flexibility index (Phi) is 3.73. The molecule has 0 aromatic carbocycles. The maximum atomic E-state index is 9.64. The summed E-state index contributed by atoms with van der Waals surface area (Å²) in [5, 5.41) is 10.7. The molecule has 0 radical (unpaired) electrons. The van der Waals surface area contributed by atoms with Crippen molar-refractivity contribution in [3.8, 4) is 0 Å². The Bertz CT molecular complexity index is 606. The molecule has 2 aromatic rings. The molecule has 0 bridgehead atoms. The molecule has 3 heterocycles. The van der Waals surface area contributed by atoms with E-state index in [0.29, 0.717) is 5.95 Å². The second-order valence-corrected chi connectivity index (χ2v) is 6.13. The third-order valence-electron chi connectivity index (χ3n) is 3.67. The molecule has 1 aliphatic rings. The summed E-state index contributed by atoms with van der Waals surface area (Å²) in [5.41, 5.74) is 2.54. The lowest BCUT2D eigenvalue weighted by atomic mass is 10.1. The number of fused-ring (bicyclic) bond motifs is 1. The monoisotopic (exact) mass is 293 g/mol. The molecule has 4 N–H and O–H groups in total. The molecule has 1 aliphatic heterocycles. The Hall–Kier alpha value is -1.44. The zero-order valence-electron chi connectivity index (χ0n) is 11.5. The summed E-state index contributed by atoms with van der Waals surface area (Å²) >= 11 is 1.68. The van der Waals surface area contributed by atoms with Crippen LogP contribution in [0.2, 0.25) is 0 Å². The maximum Gasteiger partial charge on any atom is 0.240 e. The number of nitrogens with one attached hydrogen (secondary N) is 1. The Balaban J connectivity index is 2.05. The largest absolute Gasteiger partial charge is 0.393 e. The van der Waals surface area contributed by atoms with Gasteiger partial charge in [-0.15, -0.1) is 11.3 Å². The highest BCUT2D eigenvalue weighted by Gasteiger charge is 2.21. The number of anilines is 2. The normalized spacial score (nSPS) is 16.9. The molecule has 0 saturated carbocycles. The van der Waals surface area contributed by atoms with E-state index in [2.05, 4.69) is 33.3 Å². The number of nitrogen functional groups attached to an aromatic ring is 1. The molecule has 0 spiro atoms. The summed E-state index contributed by atoms with van der Waals surface area (Å²) in [6, 6.07) is 2.17. The van der Waals surface area contributed by atoms with Gasteiger partial charge in [-0.2, -0.15) is 4.98 Å². The highest BCUT2D eigenvalue weighted by molar-refractivity contribution is 7.18. The second kappa shape index (κ2) is 5.51. The fourth-order valence-electron chi connectivity index (χ4n) is 2.51. The number of thiophene rings is 1. The van der Waals surface area contributed by atoms with Crippen molar-refractivity contribution >= 4 is 33.3 Å². The standard InChI is InChI=1S/C13H19N5OS/c1-2-9-7-10-11(18-5-3-8(19)4-6-18)15-13(17-14)16-12(10)20-9/h7-8,19H,2-6,14H2,1H3,(H,15,16,17). The molecule has 1 saturated heterocycles. The van der Waals surface area contributed by atoms with Crippen molar-refractivity contribution in [3.63, 3.8) is 0 Å². The van der Waals surface area contributed by atoms with E-state index in [4.69, 9.17) is 5.84 Å². The Labute approximate surface area is 121 Å². The van der Waals surface area contributed by atoms with E-state index in [9.17, 15) is 5.11 Å². The summed E-state index contributed by atoms with van der Waals surface area (Å²) in [7, 11) is 0. The van der Waals surface area contributed by atoms with Gasteiger partial charge in [-0.05, 0) is 25.3 Å². The van der Waals surface area contributed by atoms with Crippen LogP contribution in [-0.4, -0.2) is 34.3 Å². The van der Waals surface area contributed by atoms with E-state index in [1.165, 1.54) is 4.88 Å². The van der Waals surface area contributed by atoms with Gasteiger partial charge in [0.2, 0.25) is 5.95 Å². The average molecular weight is 293 g/mol. The summed E-state index contributed by atoms with van der Waals surface area (Å²) in [6.07, 6.45) is 2.36. The van der Waals surface area contributed by atoms with Gasteiger partial charge in [-0.3, -0.25) is 5.43 Å². The number of rotatable bonds is 3. The fourth-order valence-corrected chi connectivity index (χ4v) is 3.48. The van der Waals surface area contributed by atoms with Crippen molar-refractivity contribution in [3.05, 3.63) is 10.9 Å². The third-order valence-corrected chi connectivity index (χ3v) is 4.84. The minimum atomic E-state index is -0.190. The first-order valence-corrected chi connectivity index (χ1v) is 7.73. The van der Waals surface area contributed by atoms with Gasteiger partial charge in [0.15, 0.2) is 0 Å². The third kappa shape index (κ3) is 2.44. The predicted molar refractivity (Wildman–Crippen MR) is 82.1 cm³/mol. The van der Waals surface area contributed by atoms with Gasteiger partial charge in [-0.1, -0.05) is 6.92 Å². The van der Waals surface area contributed by atoms with Gasteiger partial charge >= 0.3 is 0 Å². The van der Waals surface area contributed by atoms with Crippen LogP contribution in [0.3, 0.4) is 0 Å². The number of hydrazine groups is 1. The summed E-state index contributed by atoms with van der Waals surface area (Å²) in [4.78, 5) is 13.4. The number of aromatic nitrogens is 2. The molecule has 7 heteroatoms. The highest BCUT2D eigenvalue weighted by atomic mass is 32.1. The van der Waals surface area contributed by atoms with Gasteiger partial charge in [-0.25, -0.2) is 10.8 Å². The molecule has 20 heavy (non-hydrogen) atoms. The number of aliphatic hydroxyl groups is 1. The molecular weight excluding hydrogens is 274 g/mol. The van der Waals surface area contributed by atoms with Crippen molar-refractivity contribution in [1.29, 1.82) is 0 Å². The number of nitrogens with zero attached hydrogens (tertiary/aromatic N) is 3. The van der Waals surface area contributed by atoms with Crippen molar-refractivity contribution in [2.45, 2.75) is 32.3 Å². The molecule has 108 valence electrons. The van der Waals surface area contributed by atoms with Crippen molar-refractivity contribution in [2.75, 3.05) is 23.4 Å². The van der Waals surface area contributed by atoms with Crippen molar-refractivity contribution in [1.82, 2.24) is 9.97 Å². The summed E-state index contributed by atoms with van der Waals surface area (Å²) in [6.45, 7) is 3.76. The van der Waals surface area contributed by atoms with E-state index in [0.717, 1.165) is 48.4 Å². The molecule has 2 aromatic heterocycles. The van der Waals surface area contributed by atoms with E-state index >= 15 is 0 Å². The van der Waals surface area contributed by atoms with E-state index in [1.807, 2.05) is 0 Å². The number of nitrogens with two attached hydrogens (primary N) is 1. The zero-order chi connectivity index (χ0) is 14.1. The Morgan fingerprint density at radius 1 is 1.45 bits per heavy atom. The fraction of sp³-hybridized carbons (Fsp3) is 0.538. The minimum Gasteiger partial charge on any atom is -0.393 e. The van der Waals surface area contributed by atoms with Gasteiger partial charge in [0, 0.05) is 18.0 Å². The molecule has 6 nitrogen and oxygen atoms in total. The number of piperidine rings is 1. The highest BCUT2D eigenvalue weighted by Crippen LogP contribution is 2.33. The van der Waals surface area contributed by atoms with Crippen LogP contribution < -0.4 is 16.2 Å². The van der Waals surface area contributed by atoms with Gasteiger partial charge in [0.05, 0.1) is 11.5 Å². The van der Waals surface area contributed by atoms with Gasteiger partial charge in [0.1, 0.15) is 10.6 Å².